The first-order chi connectivity index (χ1) is 42.8. The topological polar surface area (TPSA) is 37.7 Å². The third-order valence-electron chi connectivity index (χ3n) is 17.9. The predicted molar refractivity (Wildman–Crippen MR) is 366 cm³/mol. The first kappa shape index (κ1) is 50.4. The second-order valence-electron chi connectivity index (χ2n) is 23.9. The minimum atomic E-state index is -0.236. The van der Waals surface area contributed by atoms with Gasteiger partial charge in [-0.25, -0.2) is 0 Å². The molecule has 0 saturated heterocycles. The van der Waals surface area contributed by atoms with Crippen molar-refractivity contribution in [3.8, 4) is 39.1 Å². The Morgan fingerprint density at radius 3 is 1.26 bits per heavy atom. The quantitative estimate of drug-likeness (QED) is 0.137. The maximum absolute atomic E-state index is 7.79. The Kier molecular flexibility index (Phi) is 11.4. The van der Waals surface area contributed by atoms with E-state index >= 15 is 0 Å². The van der Waals surface area contributed by atoms with E-state index in [1.54, 1.807) is 0 Å². The smallest absolute Gasteiger partial charge is 0.160 e. The van der Waals surface area contributed by atoms with E-state index in [9.17, 15) is 0 Å². The van der Waals surface area contributed by atoms with Gasteiger partial charge in [-0.3, -0.25) is 0 Å². The molecular formula is C82H57N3O2. The second-order valence-corrected chi connectivity index (χ2v) is 23.9. The Labute approximate surface area is 503 Å². The van der Waals surface area contributed by atoms with Crippen molar-refractivity contribution in [2.24, 2.45) is 0 Å². The Balaban J connectivity index is 0.935. The molecular weight excluding hydrogens is 1060 g/mol. The molecule has 0 radical (unpaired) electrons. The maximum atomic E-state index is 7.79. The van der Waals surface area contributed by atoms with Gasteiger partial charge in [0.2, 0.25) is 0 Å². The molecule has 0 atom stereocenters. The number of hydrogen-bond acceptors (Lipinski definition) is 4. The van der Waals surface area contributed by atoms with Gasteiger partial charge in [0.1, 0.15) is 11.2 Å². The highest BCUT2D eigenvalue weighted by molar-refractivity contribution is 6.39. The highest BCUT2D eigenvalue weighted by Gasteiger charge is 2.31. The first-order valence-corrected chi connectivity index (χ1v) is 30.0. The van der Waals surface area contributed by atoms with Crippen molar-refractivity contribution in [2.75, 3.05) is 9.80 Å². The maximum Gasteiger partial charge on any atom is 0.160 e. The van der Waals surface area contributed by atoms with E-state index in [0.29, 0.717) is 0 Å². The fourth-order valence-corrected chi connectivity index (χ4v) is 13.9. The standard InChI is InChI=1S/C82H57N3O2/c1-82(2,3)69-47-44-65-67-46-49-72(84(59-27-15-7-16-28-59)61-40-37-53(38-41-61)52-21-9-4-10-22-52)80-76(67)74-64(66-45-50-73(81-77(66)75(65)79(69)87-81)83(57-23-11-5-12-24-57)58-25-13-6-14-26-58)43-42-62(78(74)86-80)55-35-33-54(34-36-55)56-39-48-71-68(51-56)63-31-19-20-32-70(63)85(71)60-29-17-8-18-30-60/h4-51H,1-3H3. The highest BCUT2D eigenvalue weighted by Crippen LogP contribution is 2.54. The molecule has 0 N–H and O–H groups in total. The second kappa shape index (κ2) is 19.7. The molecule has 0 unspecified atom stereocenters. The minimum absolute atomic E-state index is 0.236. The number of anilines is 6. The van der Waals surface area contributed by atoms with E-state index < -0.39 is 0 Å². The molecule has 87 heavy (non-hydrogen) atoms. The molecule has 17 aromatic rings. The van der Waals surface area contributed by atoms with Crippen LogP contribution in [0.25, 0.3) is 126 Å². The van der Waals surface area contributed by atoms with Gasteiger partial charge in [0.05, 0.1) is 22.4 Å². The van der Waals surface area contributed by atoms with Crippen LogP contribution in [0.1, 0.15) is 26.3 Å². The van der Waals surface area contributed by atoms with E-state index in [1.165, 1.54) is 27.4 Å². The predicted octanol–water partition coefficient (Wildman–Crippen LogP) is 23.6. The summed E-state index contributed by atoms with van der Waals surface area (Å²) in [6, 6.07) is 105. The van der Waals surface area contributed by atoms with Crippen LogP contribution in [-0.4, -0.2) is 4.57 Å². The van der Waals surface area contributed by atoms with Gasteiger partial charge in [-0.15, -0.1) is 0 Å². The molecule has 5 nitrogen and oxygen atoms in total. The van der Waals surface area contributed by atoms with Crippen molar-refractivity contribution in [2.45, 2.75) is 26.2 Å². The van der Waals surface area contributed by atoms with Crippen LogP contribution in [0.15, 0.2) is 300 Å². The van der Waals surface area contributed by atoms with E-state index in [0.717, 1.165) is 139 Å². The molecule has 0 amide bonds. The molecule has 0 bridgehead atoms. The zero-order chi connectivity index (χ0) is 57.9. The Bertz CT molecular complexity index is 5410. The van der Waals surface area contributed by atoms with Crippen LogP contribution in [0.2, 0.25) is 0 Å². The lowest BCUT2D eigenvalue weighted by Gasteiger charge is -2.26. The normalized spacial score (nSPS) is 12.1. The number of hydrogen-bond donors (Lipinski definition) is 0. The molecule has 3 aromatic heterocycles. The van der Waals surface area contributed by atoms with Gasteiger partial charge in [0, 0.05) is 71.9 Å². The van der Waals surface area contributed by atoms with Crippen molar-refractivity contribution in [3.63, 3.8) is 0 Å². The van der Waals surface area contributed by atoms with Crippen LogP contribution in [0.4, 0.5) is 34.1 Å². The van der Waals surface area contributed by atoms with Crippen molar-refractivity contribution in [1.29, 1.82) is 0 Å². The van der Waals surface area contributed by atoms with Crippen molar-refractivity contribution in [3.05, 3.63) is 297 Å². The summed E-state index contributed by atoms with van der Waals surface area (Å²) in [4.78, 5) is 4.69. The number of nitrogens with zero attached hydrogens (tertiary/aromatic N) is 3. The Morgan fingerprint density at radius 1 is 0.287 bits per heavy atom. The van der Waals surface area contributed by atoms with Crippen molar-refractivity contribution >= 4 is 121 Å². The van der Waals surface area contributed by atoms with Crippen LogP contribution in [0, 0.1) is 0 Å². The molecule has 0 aliphatic carbocycles. The lowest BCUT2D eigenvalue weighted by atomic mass is 9.84. The zero-order valence-corrected chi connectivity index (χ0v) is 48.4. The molecule has 0 aliphatic heterocycles. The van der Waals surface area contributed by atoms with E-state index in [1.807, 2.05) is 0 Å². The SMILES string of the molecule is CC(C)(C)c1ccc2c3ccc(N(c4ccccc4)c4ccc(-c5ccccc5)cc4)c4oc5c(-c6ccc(-c7ccc8c(c7)c7ccccc7n8-c7ccccc7)cc6)ccc(c6ccc(N(c7ccccc7)c7ccccc7)c7oc1c2c76)c5c43. The third kappa shape index (κ3) is 8.00. The Hall–Kier alpha value is -11.1. The van der Waals surface area contributed by atoms with Gasteiger partial charge in [0.25, 0.3) is 0 Å². The summed E-state index contributed by atoms with van der Waals surface area (Å²) in [5.74, 6) is 0. The lowest BCUT2D eigenvalue weighted by Crippen LogP contribution is -2.11. The average Bonchev–Trinajstić information content (AvgIpc) is 1.59. The summed E-state index contributed by atoms with van der Waals surface area (Å²) >= 11 is 0. The fraction of sp³-hybridized carbons (Fsp3) is 0.0488. The summed E-state index contributed by atoms with van der Waals surface area (Å²) in [7, 11) is 0. The number of rotatable bonds is 10. The summed E-state index contributed by atoms with van der Waals surface area (Å²) in [5.41, 5.74) is 20.6. The molecule has 14 aromatic carbocycles. The molecule has 3 heterocycles. The van der Waals surface area contributed by atoms with E-state index in [4.69, 9.17) is 8.83 Å². The number of aromatic nitrogens is 1. The lowest BCUT2D eigenvalue weighted by molar-refractivity contribution is 0.573. The Morgan fingerprint density at radius 2 is 0.690 bits per heavy atom. The number of furan rings is 2. The molecule has 0 fully saturated rings. The fourth-order valence-electron chi connectivity index (χ4n) is 13.9. The molecule has 5 heteroatoms. The summed E-state index contributed by atoms with van der Waals surface area (Å²) in [5, 5.41) is 11.1. The van der Waals surface area contributed by atoms with Crippen LogP contribution in [0.5, 0.6) is 0 Å². The molecule has 17 rings (SSSR count). The van der Waals surface area contributed by atoms with Crippen molar-refractivity contribution in [1.82, 2.24) is 4.57 Å². The van der Waals surface area contributed by atoms with Gasteiger partial charge >= 0.3 is 0 Å². The van der Waals surface area contributed by atoms with Crippen LogP contribution in [0.3, 0.4) is 0 Å². The van der Waals surface area contributed by atoms with Crippen LogP contribution >= 0.6 is 0 Å². The average molecular weight is 1120 g/mol. The summed E-state index contributed by atoms with van der Waals surface area (Å²) in [6.07, 6.45) is 0. The van der Waals surface area contributed by atoms with Crippen molar-refractivity contribution < 1.29 is 8.83 Å². The van der Waals surface area contributed by atoms with E-state index in [-0.39, 0.29) is 5.41 Å². The van der Waals surface area contributed by atoms with Gasteiger partial charge in [-0.2, -0.15) is 0 Å². The van der Waals surface area contributed by atoms with Gasteiger partial charge in [0.15, 0.2) is 11.2 Å². The van der Waals surface area contributed by atoms with Crippen LogP contribution in [-0.2, 0) is 5.41 Å². The number of benzene rings is 13. The largest absolute Gasteiger partial charge is 0.453 e. The van der Waals surface area contributed by atoms with Crippen LogP contribution < -0.4 is 9.80 Å². The van der Waals surface area contributed by atoms with E-state index in [2.05, 4.69) is 326 Å². The van der Waals surface area contributed by atoms with Gasteiger partial charge in [-0.1, -0.05) is 215 Å². The summed E-state index contributed by atoms with van der Waals surface area (Å²) in [6.45, 7) is 6.86. The first-order valence-electron chi connectivity index (χ1n) is 30.0. The molecule has 0 aliphatic rings. The monoisotopic (exact) mass is 1120 g/mol. The molecule has 412 valence electrons. The minimum Gasteiger partial charge on any atom is -0.453 e. The third-order valence-corrected chi connectivity index (χ3v) is 17.9. The number of para-hydroxylation sites is 5. The summed E-state index contributed by atoms with van der Waals surface area (Å²) < 4.78 is 17.8. The highest BCUT2D eigenvalue weighted by atomic mass is 16.3. The molecule has 0 saturated carbocycles. The van der Waals surface area contributed by atoms with Gasteiger partial charge < -0.3 is 23.2 Å². The molecule has 0 spiro atoms. The van der Waals surface area contributed by atoms with Gasteiger partial charge in [-0.05, 0) is 152 Å². The number of fused-ring (bicyclic) bond motifs is 5. The zero-order valence-electron chi connectivity index (χ0n) is 48.4.